The monoisotopic (exact) mass is 862 g/mol. The summed E-state index contributed by atoms with van der Waals surface area (Å²) in [5.41, 5.74) is 2.94. The van der Waals surface area contributed by atoms with Crippen LogP contribution in [0.25, 0.3) is 39.1 Å². The largest absolute Gasteiger partial charge is 0.491 e. The second kappa shape index (κ2) is 15.9. The van der Waals surface area contributed by atoms with Crippen LogP contribution in [0.5, 0.6) is 5.75 Å². The van der Waals surface area contributed by atoms with E-state index in [2.05, 4.69) is 15.7 Å². The molecule has 0 radical (unpaired) electrons. The summed E-state index contributed by atoms with van der Waals surface area (Å²) in [4.78, 5) is 26.5. The lowest BCUT2D eigenvalue weighted by Crippen LogP contribution is -2.35. The minimum absolute atomic E-state index is 0.0714. The number of furan rings is 1. The Bertz CT molecular complexity index is 2880. The smallest absolute Gasteiger partial charge is 0.255 e. The van der Waals surface area contributed by atoms with Crippen molar-refractivity contribution in [2.45, 2.75) is 25.4 Å². The highest BCUT2D eigenvalue weighted by Crippen LogP contribution is 2.43. The topological polar surface area (TPSA) is 182 Å². The SMILES string of the molecule is CNC(=O)c1c(-c2ccc(F)cc2)oc2cc3c(cc12)C(OCCS(=O)(=O)N1CCCOc2cc4c(C(=O)NC)c(-c5ccc(F)cc5)nn4cc21)CCCN3S(C)(=O)=O. The number of ether oxygens (including phenoxy) is 2. The summed E-state index contributed by atoms with van der Waals surface area (Å²) in [6, 6.07) is 15.6. The molecule has 3 aromatic carbocycles. The number of halogens is 2. The number of pyridine rings is 1. The minimum atomic E-state index is -4.11. The van der Waals surface area contributed by atoms with Crippen molar-refractivity contribution in [3.8, 4) is 28.3 Å². The molecule has 0 aliphatic carbocycles. The maximum absolute atomic E-state index is 14.2. The van der Waals surface area contributed by atoms with Gasteiger partial charge in [-0.25, -0.2) is 30.1 Å². The molecule has 1 atom stereocenters. The Labute approximate surface area is 344 Å². The maximum Gasteiger partial charge on any atom is 0.255 e. The summed E-state index contributed by atoms with van der Waals surface area (Å²) in [5.74, 6) is -1.98. The zero-order valence-corrected chi connectivity index (χ0v) is 34.3. The van der Waals surface area contributed by atoms with Gasteiger partial charge in [0.1, 0.15) is 40.1 Å². The fourth-order valence-electron chi connectivity index (χ4n) is 7.72. The molecule has 5 heterocycles. The molecule has 19 heteroatoms. The van der Waals surface area contributed by atoms with E-state index in [4.69, 9.17) is 13.9 Å². The number of carbonyl (C=O) groups is 2. The van der Waals surface area contributed by atoms with Crippen molar-refractivity contribution >= 4 is 59.7 Å². The Morgan fingerprint density at radius 3 is 2.17 bits per heavy atom. The summed E-state index contributed by atoms with van der Waals surface area (Å²) < 4.78 is 105. The van der Waals surface area contributed by atoms with Gasteiger partial charge in [-0.2, -0.15) is 5.10 Å². The molecule has 0 spiro atoms. The summed E-state index contributed by atoms with van der Waals surface area (Å²) in [5, 5.41) is 10.2. The molecule has 2 aliphatic heterocycles. The van der Waals surface area contributed by atoms with Gasteiger partial charge in [-0.3, -0.25) is 18.2 Å². The van der Waals surface area contributed by atoms with Crippen molar-refractivity contribution < 1.29 is 49.1 Å². The van der Waals surface area contributed by atoms with E-state index >= 15 is 0 Å². The molecule has 2 N–H and O–H groups in total. The van der Waals surface area contributed by atoms with Gasteiger partial charge in [-0.1, -0.05) is 0 Å². The van der Waals surface area contributed by atoms with Gasteiger partial charge in [0.2, 0.25) is 20.0 Å². The minimum Gasteiger partial charge on any atom is -0.491 e. The van der Waals surface area contributed by atoms with Crippen LogP contribution in [0.2, 0.25) is 0 Å². The van der Waals surface area contributed by atoms with Gasteiger partial charge in [0.25, 0.3) is 11.8 Å². The van der Waals surface area contributed by atoms with E-state index < -0.39 is 55.4 Å². The summed E-state index contributed by atoms with van der Waals surface area (Å²) in [6.07, 6.45) is 2.83. The van der Waals surface area contributed by atoms with Crippen molar-refractivity contribution in [3.05, 3.63) is 101 Å². The number of nitrogens with one attached hydrogen (secondary N) is 2. The van der Waals surface area contributed by atoms with Gasteiger partial charge >= 0.3 is 0 Å². The van der Waals surface area contributed by atoms with Gasteiger partial charge in [0.15, 0.2) is 0 Å². The molecule has 0 fully saturated rings. The maximum atomic E-state index is 14.2. The highest BCUT2D eigenvalue weighted by Gasteiger charge is 2.34. The standard InChI is InChI=1S/C41H40F2N6O9S2/c1-44-40(50)36-29-20-28-30(21-34(29)58-39(36)25-9-13-27(43)14-10-25)48(59(3,52)53)15-4-6-33(28)57-18-19-60(54,55)49-16-5-17-56-35-22-31-37(41(51)45-2)38(46-47(31)23-32(35)49)24-7-11-26(42)12-8-24/h7-14,20-23,33H,4-6,15-19H2,1-3H3,(H,44,50)(H,45,51). The van der Waals surface area contributed by atoms with Gasteiger partial charge in [-0.05, 0) is 67.4 Å². The average Bonchev–Trinajstić information content (AvgIpc) is 3.62. The first-order valence-electron chi connectivity index (χ1n) is 19.0. The lowest BCUT2D eigenvalue weighted by atomic mass is 9.99. The Kier molecular flexibility index (Phi) is 10.8. The molecule has 8 rings (SSSR count). The van der Waals surface area contributed by atoms with Crippen LogP contribution in [-0.2, 0) is 24.8 Å². The number of carbonyl (C=O) groups excluding carboxylic acids is 2. The number of benzene rings is 3. The average molecular weight is 863 g/mol. The van der Waals surface area contributed by atoms with E-state index in [1.165, 1.54) is 88.0 Å². The van der Waals surface area contributed by atoms with Crippen molar-refractivity contribution in [1.82, 2.24) is 20.2 Å². The van der Waals surface area contributed by atoms with Gasteiger partial charge in [-0.15, -0.1) is 0 Å². The number of rotatable bonds is 10. The molecule has 2 aliphatic rings. The predicted octanol–water partition coefficient (Wildman–Crippen LogP) is 5.65. The number of aromatic nitrogens is 2. The van der Waals surface area contributed by atoms with Crippen LogP contribution >= 0.6 is 0 Å². The Hall–Kier alpha value is -6.05. The van der Waals surface area contributed by atoms with E-state index in [1.807, 2.05) is 0 Å². The molecular weight excluding hydrogens is 823 g/mol. The van der Waals surface area contributed by atoms with E-state index in [0.717, 1.165) is 6.26 Å². The molecule has 15 nitrogen and oxygen atoms in total. The molecule has 3 aromatic heterocycles. The highest BCUT2D eigenvalue weighted by molar-refractivity contribution is 7.92. The summed E-state index contributed by atoms with van der Waals surface area (Å²) in [6.45, 7) is 0.0887. The molecule has 314 valence electrons. The Morgan fingerprint density at radius 1 is 0.850 bits per heavy atom. The number of amides is 2. The third-order valence-corrected chi connectivity index (χ3v) is 13.5. The first-order chi connectivity index (χ1) is 28.7. The second-order valence-corrected chi connectivity index (χ2v) is 18.3. The first kappa shape index (κ1) is 40.7. The number of sulfonamides is 2. The normalized spacial score (nSPS) is 15.8. The van der Waals surface area contributed by atoms with Gasteiger partial charge < -0.3 is 24.5 Å². The van der Waals surface area contributed by atoms with Crippen LogP contribution in [0.15, 0.2) is 77.3 Å². The van der Waals surface area contributed by atoms with Crippen LogP contribution in [0, 0.1) is 11.6 Å². The van der Waals surface area contributed by atoms with Crippen molar-refractivity contribution in [3.63, 3.8) is 0 Å². The third kappa shape index (κ3) is 7.52. The van der Waals surface area contributed by atoms with Crippen LogP contribution in [0.1, 0.15) is 51.6 Å². The molecule has 0 saturated heterocycles. The van der Waals surface area contributed by atoms with Crippen LogP contribution in [0.3, 0.4) is 0 Å². The number of fused-ring (bicyclic) bond motifs is 4. The van der Waals surface area contributed by atoms with E-state index in [9.17, 15) is 35.2 Å². The molecule has 60 heavy (non-hydrogen) atoms. The summed E-state index contributed by atoms with van der Waals surface area (Å²) in [7, 11) is -5.00. The number of hydrogen-bond donors (Lipinski definition) is 2. The zero-order chi connectivity index (χ0) is 42.5. The fourth-order valence-corrected chi connectivity index (χ4v) is 10.1. The summed E-state index contributed by atoms with van der Waals surface area (Å²) >= 11 is 0. The molecule has 6 aromatic rings. The fraction of sp³-hybridized carbons (Fsp3) is 0.293. The molecule has 0 bridgehead atoms. The van der Waals surface area contributed by atoms with Crippen molar-refractivity contribution in [2.75, 3.05) is 61.0 Å². The van der Waals surface area contributed by atoms with Gasteiger partial charge in [0, 0.05) is 67.8 Å². The molecule has 1 unspecified atom stereocenters. The zero-order valence-electron chi connectivity index (χ0n) is 32.7. The van der Waals surface area contributed by atoms with Crippen molar-refractivity contribution in [2.24, 2.45) is 0 Å². The van der Waals surface area contributed by atoms with E-state index in [-0.39, 0.29) is 71.6 Å². The quantitative estimate of drug-likeness (QED) is 0.175. The molecule has 0 saturated carbocycles. The lowest BCUT2D eigenvalue weighted by molar-refractivity contribution is 0.0583. The molecule has 2 amide bonds. The van der Waals surface area contributed by atoms with Gasteiger partial charge in [0.05, 0.1) is 59.9 Å². The van der Waals surface area contributed by atoms with Crippen LogP contribution in [0.4, 0.5) is 20.2 Å². The Balaban J connectivity index is 1.13. The third-order valence-electron chi connectivity index (χ3n) is 10.6. The number of hydrogen-bond acceptors (Lipinski definition) is 10. The van der Waals surface area contributed by atoms with Crippen LogP contribution in [-0.4, -0.2) is 90.7 Å². The predicted molar refractivity (Wildman–Crippen MR) is 220 cm³/mol. The van der Waals surface area contributed by atoms with E-state index in [0.29, 0.717) is 46.9 Å². The highest BCUT2D eigenvalue weighted by atomic mass is 32.2. The molecular formula is C41H40F2N6O9S2. The lowest BCUT2D eigenvalue weighted by Gasteiger charge is -2.25. The number of anilines is 2. The number of nitrogens with zero attached hydrogens (tertiary/aromatic N) is 4. The van der Waals surface area contributed by atoms with Crippen molar-refractivity contribution in [1.29, 1.82) is 0 Å². The second-order valence-electron chi connectivity index (χ2n) is 14.4. The Morgan fingerprint density at radius 2 is 1.50 bits per heavy atom. The first-order valence-corrected chi connectivity index (χ1v) is 22.5. The van der Waals surface area contributed by atoms with Crippen LogP contribution < -0.4 is 24.0 Å². The van der Waals surface area contributed by atoms with E-state index in [1.54, 1.807) is 12.1 Å².